The van der Waals surface area contributed by atoms with Gasteiger partial charge in [0, 0.05) is 46.2 Å². The third kappa shape index (κ3) is 37.9. The molecule has 0 bridgehead atoms. The Balaban J connectivity index is -0.000000137. The SMILES string of the molecule is CC(=O)O.O=C([O-])CN(CCN(CC(=O)[O-])CC(=O)[O-])CC(=O)[O-].[Na+].[Na+].[Na+].[Na+]. The summed E-state index contributed by atoms with van der Waals surface area (Å²) < 4.78 is 0. The molecule has 0 aromatic heterocycles. The van der Waals surface area contributed by atoms with Crippen LogP contribution in [0.25, 0.3) is 0 Å². The van der Waals surface area contributed by atoms with Crippen molar-refractivity contribution in [3.8, 4) is 0 Å². The number of nitrogens with zero attached hydrogens (tertiary/aromatic N) is 2. The summed E-state index contributed by atoms with van der Waals surface area (Å²) in [6.07, 6.45) is 0. The molecule has 28 heavy (non-hydrogen) atoms. The van der Waals surface area contributed by atoms with Gasteiger partial charge in [-0.3, -0.25) is 14.6 Å². The number of aliphatic carboxylic acids is 5. The smallest absolute Gasteiger partial charge is 0.549 e. The van der Waals surface area contributed by atoms with E-state index in [4.69, 9.17) is 9.90 Å². The summed E-state index contributed by atoms with van der Waals surface area (Å²) in [4.78, 5) is 52.4. The molecule has 0 rings (SSSR count). The average molecular weight is 440 g/mol. The molecule has 0 aromatic rings. The van der Waals surface area contributed by atoms with Crippen LogP contribution in [0.3, 0.4) is 0 Å². The number of rotatable bonds is 11. The van der Waals surface area contributed by atoms with Crippen LogP contribution in [0.15, 0.2) is 0 Å². The maximum Gasteiger partial charge on any atom is 1.00 e. The quantitative estimate of drug-likeness (QED) is 0.297. The van der Waals surface area contributed by atoms with Gasteiger partial charge in [-0.05, 0) is 0 Å². The van der Waals surface area contributed by atoms with Gasteiger partial charge in [0.1, 0.15) is 0 Å². The molecular formula is C12H16N2Na4O10. The summed E-state index contributed by atoms with van der Waals surface area (Å²) in [5.41, 5.74) is 0. The summed E-state index contributed by atoms with van der Waals surface area (Å²) in [5, 5.41) is 49.0. The molecule has 0 unspecified atom stereocenters. The van der Waals surface area contributed by atoms with E-state index in [0.29, 0.717) is 0 Å². The van der Waals surface area contributed by atoms with Crippen molar-refractivity contribution < 1.29 is 168 Å². The summed E-state index contributed by atoms with van der Waals surface area (Å²) in [6, 6.07) is 0. The summed E-state index contributed by atoms with van der Waals surface area (Å²) >= 11 is 0. The van der Waals surface area contributed by atoms with Crippen LogP contribution in [0.1, 0.15) is 6.92 Å². The Bertz CT molecular complexity index is 409. The zero-order valence-corrected chi connectivity index (χ0v) is 24.8. The molecule has 0 saturated heterocycles. The molecule has 16 heteroatoms. The van der Waals surface area contributed by atoms with E-state index in [0.717, 1.165) is 16.7 Å². The van der Waals surface area contributed by atoms with Crippen molar-refractivity contribution in [1.29, 1.82) is 0 Å². The van der Waals surface area contributed by atoms with Gasteiger partial charge in [0.2, 0.25) is 0 Å². The molecule has 0 amide bonds. The standard InChI is InChI=1S/C10H16N2O8.C2H4O2.4Na/c13-7(14)3-11(4-8(15)16)1-2-12(5-9(17)18)6-10(19)20;1-2(3)4;;;;/h1-6H2,(H,13,14)(H,15,16)(H,17,18)(H,19,20);1H3,(H,3,4);;;;/q;;4*+1/p-4. The Kier molecular flexibility index (Phi) is 40.6. The second-order valence-corrected chi connectivity index (χ2v) is 4.43. The third-order valence-electron chi connectivity index (χ3n) is 2.14. The largest absolute Gasteiger partial charge is 1.00 e. The fraction of sp³-hybridized carbons (Fsp3) is 0.583. The summed E-state index contributed by atoms with van der Waals surface area (Å²) in [6.45, 7) is -2.17. The first kappa shape index (κ1) is 43.2. The minimum atomic E-state index is -1.53. The molecule has 0 spiro atoms. The molecule has 0 fully saturated rings. The molecule has 138 valence electrons. The average Bonchev–Trinajstić information content (AvgIpc) is 2.32. The van der Waals surface area contributed by atoms with Crippen molar-refractivity contribution in [2.24, 2.45) is 0 Å². The Morgan fingerprint density at radius 1 is 0.607 bits per heavy atom. The van der Waals surface area contributed by atoms with Crippen molar-refractivity contribution in [2.75, 3.05) is 39.3 Å². The number of hydrogen-bond acceptors (Lipinski definition) is 11. The second-order valence-electron chi connectivity index (χ2n) is 4.43. The van der Waals surface area contributed by atoms with E-state index in [9.17, 15) is 39.6 Å². The van der Waals surface area contributed by atoms with Crippen molar-refractivity contribution in [1.82, 2.24) is 9.80 Å². The third-order valence-corrected chi connectivity index (χ3v) is 2.14. The predicted molar refractivity (Wildman–Crippen MR) is 66.2 cm³/mol. The Morgan fingerprint density at radius 3 is 0.857 bits per heavy atom. The van der Waals surface area contributed by atoms with Crippen molar-refractivity contribution in [2.45, 2.75) is 6.92 Å². The molecule has 0 aliphatic heterocycles. The van der Waals surface area contributed by atoms with Crippen LogP contribution in [0.4, 0.5) is 0 Å². The van der Waals surface area contributed by atoms with E-state index in [-0.39, 0.29) is 131 Å². The fourth-order valence-corrected chi connectivity index (χ4v) is 1.44. The van der Waals surface area contributed by atoms with E-state index < -0.39 is 56.0 Å². The van der Waals surface area contributed by atoms with Gasteiger partial charge >= 0.3 is 118 Å². The summed E-state index contributed by atoms with van der Waals surface area (Å²) in [7, 11) is 0. The number of carboxylic acid groups (broad SMARTS) is 5. The minimum Gasteiger partial charge on any atom is -0.549 e. The van der Waals surface area contributed by atoms with Gasteiger partial charge in [-0.25, -0.2) is 0 Å². The Labute approximate surface area is 250 Å². The molecular weight excluding hydrogens is 424 g/mol. The zero-order valence-electron chi connectivity index (χ0n) is 16.8. The molecule has 0 aromatic carbocycles. The maximum absolute atomic E-state index is 10.4. The first-order valence-electron chi connectivity index (χ1n) is 6.37. The second kappa shape index (κ2) is 26.3. The van der Waals surface area contributed by atoms with Crippen LogP contribution in [-0.4, -0.2) is 84.0 Å². The van der Waals surface area contributed by atoms with E-state index in [1.807, 2.05) is 0 Å². The number of hydrogen-bond donors (Lipinski definition) is 1. The van der Waals surface area contributed by atoms with Crippen molar-refractivity contribution >= 4 is 29.8 Å². The van der Waals surface area contributed by atoms with Crippen LogP contribution in [-0.2, 0) is 24.0 Å². The Hall–Kier alpha value is 1.27. The monoisotopic (exact) mass is 440 g/mol. The summed E-state index contributed by atoms with van der Waals surface area (Å²) in [5.74, 6) is -6.95. The van der Waals surface area contributed by atoms with Crippen LogP contribution >= 0.6 is 0 Å². The van der Waals surface area contributed by atoms with Crippen LogP contribution < -0.4 is 139 Å². The molecule has 0 atom stereocenters. The predicted octanol–water partition coefficient (Wildman–Crippen LogP) is -19.3. The number of carboxylic acids is 5. The van der Waals surface area contributed by atoms with Crippen molar-refractivity contribution in [3.63, 3.8) is 0 Å². The number of carbonyl (C=O) groups excluding carboxylic acids is 4. The van der Waals surface area contributed by atoms with Gasteiger partial charge in [-0.15, -0.1) is 0 Å². The van der Waals surface area contributed by atoms with Gasteiger partial charge in [0.15, 0.2) is 0 Å². The topological polar surface area (TPSA) is 204 Å². The minimum absolute atomic E-state index is 0. The van der Waals surface area contributed by atoms with E-state index in [2.05, 4.69) is 0 Å². The van der Waals surface area contributed by atoms with Crippen LogP contribution in [0.2, 0.25) is 0 Å². The normalized spacial score (nSPS) is 8.54. The van der Waals surface area contributed by atoms with Crippen LogP contribution in [0, 0.1) is 0 Å². The first-order chi connectivity index (χ1) is 10.9. The van der Waals surface area contributed by atoms with Gasteiger partial charge < -0.3 is 44.7 Å². The van der Waals surface area contributed by atoms with Crippen molar-refractivity contribution in [3.05, 3.63) is 0 Å². The maximum atomic E-state index is 10.4. The molecule has 0 aliphatic rings. The Morgan fingerprint density at radius 2 is 0.750 bits per heavy atom. The van der Waals surface area contributed by atoms with Gasteiger partial charge in [-0.1, -0.05) is 0 Å². The molecule has 0 radical (unpaired) electrons. The molecule has 0 heterocycles. The first-order valence-corrected chi connectivity index (χ1v) is 6.37. The van der Waals surface area contributed by atoms with Gasteiger partial charge in [-0.2, -0.15) is 0 Å². The van der Waals surface area contributed by atoms with Gasteiger partial charge in [0.05, 0.1) is 23.9 Å². The van der Waals surface area contributed by atoms with E-state index in [1.54, 1.807) is 0 Å². The molecule has 0 aliphatic carbocycles. The zero-order chi connectivity index (χ0) is 19.3. The molecule has 12 nitrogen and oxygen atoms in total. The molecule has 0 saturated carbocycles. The van der Waals surface area contributed by atoms with Crippen LogP contribution in [0.5, 0.6) is 0 Å². The number of carbonyl (C=O) groups is 5. The molecule has 1 N–H and O–H groups in total. The van der Waals surface area contributed by atoms with E-state index in [1.165, 1.54) is 0 Å². The van der Waals surface area contributed by atoms with Gasteiger partial charge in [0.25, 0.3) is 5.97 Å². The fourth-order valence-electron chi connectivity index (χ4n) is 1.44. The van der Waals surface area contributed by atoms with E-state index >= 15 is 0 Å².